The first-order valence-corrected chi connectivity index (χ1v) is 8.63. The summed E-state index contributed by atoms with van der Waals surface area (Å²) in [6.07, 6.45) is -8.47. The topological polar surface area (TPSA) is 111 Å². The van der Waals surface area contributed by atoms with E-state index in [1.807, 2.05) is 0 Å². The van der Waals surface area contributed by atoms with Crippen LogP contribution in [0.2, 0.25) is 5.02 Å². The summed E-state index contributed by atoms with van der Waals surface area (Å²) in [4.78, 5) is 36.8. The Hall–Kier alpha value is -2.63. The van der Waals surface area contributed by atoms with E-state index in [1.165, 1.54) is 24.3 Å². The number of nitrogens with zero attached hydrogens (tertiary/aromatic N) is 1. The molecule has 1 aliphatic rings. The van der Waals surface area contributed by atoms with Gasteiger partial charge in [-0.3, -0.25) is 14.3 Å². The van der Waals surface area contributed by atoms with Gasteiger partial charge in [0, 0.05) is 17.6 Å². The van der Waals surface area contributed by atoms with Crippen LogP contribution in [0.15, 0.2) is 40.1 Å². The number of carbonyl (C=O) groups excluding carboxylic acids is 1. The van der Waals surface area contributed by atoms with Gasteiger partial charge in [0.2, 0.25) is 0 Å². The molecule has 2 N–H and O–H groups in total. The highest BCUT2D eigenvalue weighted by Crippen LogP contribution is 2.30. The minimum absolute atomic E-state index is 0.199. The van der Waals surface area contributed by atoms with Crippen molar-refractivity contribution >= 4 is 17.6 Å². The molecule has 0 amide bonds. The summed E-state index contributed by atoms with van der Waals surface area (Å²) >= 11 is 5.73. The lowest BCUT2D eigenvalue weighted by molar-refractivity contribution is -0.139. The lowest BCUT2D eigenvalue weighted by Crippen LogP contribution is -2.36. The van der Waals surface area contributed by atoms with E-state index < -0.39 is 54.0 Å². The molecule has 0 bridgehead atoms. The lowest BCUT2D eigenvalue weighted by Gasteiger charge is -2.17. The molecule has 0 radical (unpaired) electrons. The molecule has 1 saturated heterocycles. The van der Waals surface area contributed by atoms with E-state index in [9.17, 15) is 32.7 Å². The van der Waals surface area contributed by atoms with Crippen LogP contribution in [-0.2, 0) is 15.7 Å². The molecule has 0 spiro atoms. The number of hydrogen-bond donors (Lipinski definition) is 2. The van der Waals surface area contributed by atoms with Crippen molar-refractivity contribution < 1.29 is 32.5 Å². The highest BCUT2D eigenvalue weighted by molar-refractivity contribution is 6.30. The summed E-state index contributed by atoms with van der Waals surface area (Å²) in [6.45, 7) is -0.399. The van der Waals surface area contributed by atoms with E-state index in [0.717, 1.165) is 0 Å². The molecule has 29 heavy (non-hydrogen) atoms. The molecule has 2 heterocycles. The quantitative estimate of drug-likeness (QED) is 0.709. The van der Waals surface area contributed by atoms with Crippen LogP contribution in [-0.4, -0.2) is 39.4 Å². The van der Waals surface area contributed by atoms with Gasteiger partial charge in [0.15, 0.2) is 0 Å². The molecule has 3 atom stereocenters. The molecule has 0 aliphatic carbocycles. The predicted molar refractivity (Wildman–Crippen MR) is 92.6 cm³/mol. The summed E-state index contributed by atoms with van der Waals surface area (Å²) in [7, 11) is 0. The van der Waals surface area contributed by atoms with E-state index in [1.54, 1.807) is 4.98 Å². The molecule has 156 valence electrons. The maximum atomic E-state index is 12.9. The Labute approximate surface area is 165 Å². The second-order valence-electron chi connectivity index (χ2n) is 6.24. The first-order valence-electron chi connectivity index (χ1n) is 8.25. The van der Waals surface area contributed by atoms with E-state index in [2.05, 4.69) is 0 Å². The number of esters is 1. The molecule has 2 aromatic rings. The number of hydrogen-bond acceptors (Lipinski definition) is 6. The second kappa shape index (κ2) is 8.01. The van der Waals surface area contributed by atoms with Crippen LogP contribution >= 0.6 is 11.6 Å². The Morgan fingerprint density at radius 3 is 2.59 bits per heavy atom. The molecule has 1 fully saturated rings. The average Bonchev–Trinajstić information content (AvgIpc) is 2.99. The van der Waals surface area contributed by atoms with Gasteiger partial charge in [-0.15, -0.1) is 0 Å². The SMILES string of the molecule is O=C(OC[C@H]1O[C@@H](n2cc(C(F)(F)F)c(=O)[nH]c2=O)C[C@@H]1O)c1ccc(Cl)cc1. The highest BCUT2D eigenvalue weighted by Gasteiger charge is 2.39. The van der Waals surface area contributed by atoms with Crippen LogP contribution in [0.1, 0.15) is 28.6 Å². The molecule has 12 heteroatoms. The smallest absolute Gasteiger partial charge is 0.423 e. The van der Waals surface area contributed by atoms with Gasteiger partial charge < -0.3 is 14.6 Å². The summed E-state index contributed by atoms with van der Waals surface area (Å²) in [5.74, 6) is -0.721. The van der Waals surface area contributed by atoms with Crippen molar-refractivity contribution in [3.8, 4) is 0 Å². The molecule has 1 aromatic carbocycles. The fraction of sp³-hybridized carbons (Fsp3) is 0.353. The van der Waals surface area contributed by atoms with E-state index in [-0.39, 0.29) is 12.0 Å². The number of H-pyrrole nitrogens is 1. The number of aliphatic hydroxyl groups is 1. The van der Waals surface area contributed by atoms with E-state index in [0.29, 0.717) is 15.8 Å². The van der Waals surface area contributed by atoms with Crippen molar-refractivity contribution in [3.05, 3.63) is 67.4 Å². The standard InChI is InChI=1S/C17H14ClF3N2O6/c18-9-3-1-8(2-4-9)15(26)28-7-12-11(24)5-13(29-12)23-6-10(17(19,20)21)14(25)22-16(23)27/h1-4,6,11-13,24H,5,7H2,(H,22,25,27)/t11-,12+,13+/m0/s1. The number of aliphatic hydroxyl groups excluding tert-OH is 1. The molecule has 0 saturated carbocycles. The van der Waals surface area contributed by atoms with Gasteiger partial charge in [-0.1, -0.05) is 11.6 Å². The van der Waals surface area contributed by atoms with Crippen molar-refractivity contribution in [2.45, 2.75) is 31.0 Å². The van der Waals surface area contributed by atoms with Crippen molar-refractivity contribution in [2.75, 3.05) is 6.61 Å². The zero-order chi connectivity index (χ0) is 21.3. The Bertz CT molecular complexity index is 1020. The van der Waals surface area contributed by atoms with Crippen LogP contribution in [0.5, 0.6) is 0 Å². The number of carbonyl (C=O) groups is 1. The van der Waals surface area contributed by atoms with Crippen LogP contribution in [0.25, 0.3) is 0 Å². The molecular formula is C17H14ClF3N2O6. The Kier molecular flexibility index (Phi) is 5.82. The summed E-state index contributed by atoms with van der Waals surface area (Å²) in [5, 5.41) is 10.5. The largest absolute Gasteiger partial charge is 0.459 e. The molecule has 0 unspecified atom stereocenters. The second-order valence-corrected chi connectivity index (χ2v) is 6.68. The number of benzene rings is 1. The zero-order valence-corrected chi connectivity index (χ0v) is 15.2. The van der Waals surface area contributed by atoms with Crippen LogP contribution in [0.4, 0.5) is 13.2 Å². The maximum Gasteiger partial charge on any atom is 0.423 e. The van der Waals surface area contributed by atoms with E-state index in [4.69, 9.17) is 21.1 Å². The number of alkyl halides is 3. The first-order chi connectivity index (χ1) is 13.6. The van der Waals surface area contributed by atoms with Gasteiger partial charge in [0.1, 0.15) is 24.5 Å². The number of aromatic nitrogens is 2. The van der Waals surface area contributed by atoms with Gasteiger partial charge in [-0.05, 0) is 24.3 Å². The van der Waals surface area contributed by atoms with Gasteiger partial charge in [-0.2, -0.15) is 13.2 Å². The molecule has 3 rings (SSSR count). The van der Waals surface area contributed by atoms with Crippen molar-refractivity contribution in [1.82, 2.24) is 9.55 Å². The number of rotatable bonds is 4. The first kappa shape index (κ1) is 21.1. The monoisotopic (exact) mass is 434 g/mol. The Balaban J connectivity index is 1.71. The number of nitrogens with one attached hydrogen (secondary N) is 1. The predicted octanol–water partition coefficient (Wildman–Crippen LogP) is 1.71. The zero-order valence-electron chi connectivity index (χ0n) is 14.5. The number of halogens is 4. The molecular weight excluding hydrogens is 421 g/mol. The van der Waals surface area contributed by atoms with Crippen LogP contribution in [0.3, 0.4) is 0 Å². The molecule has 8 nitrogen and oxygen atoms in total. The normalized spacial score (nSPS) is 21.9. The van der Waals surface area contributed by atoms with Gasteiger partial charge >= 0.3 is 17.8 Å². The van der Waals surface area contributed by atoms with Crippen molar-refractivity contribution in [3.63, 3.8) is 0 Å². The maximum absolute atomic E-state index is 12.9. The summed E-state index contributed by atoms with van der Waals surface area (Å²) in [6, 6.07) is 5.82. The van der Waals surface area contributed by atoms with Crippen LogP contribution < -0.4 is 11.2 Å². The molecule has 1 aliphatic heterocycles. The summed E-state index contributed by atoms with van der Waals surface area (Å²) in [5.41, 5.74) is -4.08. The van der Waals surface area contributed by atoms with Gasteiger partial charge in [-0.25, -0.2) is 9.59 Å². The fourth-order valence-corrected chi connectivity index (χ4v) is 2.89. The third kappa shape index (κ3) is 4.69. The summed E-state index contributed by atoms with van der Waals surface area (Å²) < 4.78 is 49.7. The number of aromatic amines is 1. The van der Waals surface area contributed by atoms with Gasteiger partial charge in [0.05, 0.1) is 11.7 Å². The fourth-order valence-electron chi connectivity index (χ4n) is 2.76. The third-order valence-electron chi connectivity index (χ3n) is 4.25. The lowest BCUT2D eigenvalue weighted by atomic mass is 10.2. The van der Waals surface area contributed by atoms with Crippen molar-refractivity contribution in [2.24, 2.45) is 0 Å². The average molecular weight is 435 g/mol. The minimum atomic E-state index is -4.98. The Morgan fingerprint density at radius 1 is 1.31 bits per heavy atom. The van der Waals surface area contributed by atoms with Gasteiger partial charge in [0.25, 0.3) is 5.56 Å². The molecule has 1 aromatic heterocycles. The number of ether oxygens (including phenoxy) is 2. The van der Waals surface area contributed by atoms with Crippen molar-refractivity contribution in [1.29, 1.82) is 0 Å². The van der Waals surface area contributed by atoms with Crippen LogP contribution in [0, 0.1) is 0 Å². The highest BCUT2D eigenvalue weighted by atomic mass is 35.5. The van der Waals surface area contributed by atoms with E-state index >= 15 is 0 Å². The minimum Gasteiger partial charge on any atom is -0.459 e. The Morgan fingerprint density at radius 2 is 1.97 bits per heavy atom. The third-order valence-corrected chi connectivity index (χ3v) is 4.50.